The van der Waals surface area contributed by atoms with Gasteiger partial charge in [-0.1, -0.05) is 30.3 Å². The molecule has 1 heterocycles. The van der Waals surface area contributed by atoms with Gasteiger partial charge in [-0.2, -0.15) is 0 Å². The van der Waals surface area contributed by atoms with E-state index >= 15 is 0 Å². The predicted molar refractivity (Wildman–Crippen MR) is 83.3 cm³/mol. The van der Waals surface area contributed by atoms with Gasteiger partial charge in [0.2, 0.25) is 5.91 Å². The van der Waals surface area contributed by atoms with Crippen LogP contribution < -0.4 is 5.32 Å². The number of hydrogen-bond acceptors (Lipinski definition) is 2. The Labute approximate surface area is 121 Å². The number of carbonyl (C=O) groups is 1. The lowest BCUT2D eigenvalue weighted by Gasteiger charge is -2.28. The van der Waals surface area contributed by atoms with Gasteiger partial charge in [0.05, 0.1) is 0 Å². The molecule has 0 saturated carbocycles. The summed E-state index contributed by atoms with van der Waals surface area (Å²) in [4.78, 5) is 14.1. The molecule has 1 amide bonds. The van der Waals surface area contributed by atoms with E-state index in [0.717, 1.165) is 24.4 Å². The maximum absolute atomic E-state index is 11.7. The van der Waals surface area contributed by atoms with E-state index in [0.29, 0.717) is 0 Å². The second-order valence-electron chi connectivity index (χ2n) is 5.57. The van der Waals surface area contributed by atoms with E-state index in [2.05, 4.69) is 17.3 Å². The van der Waals surface area contributed by atoms with Crippen LogP contribution in [0.3, 0.4) is 0 Å². The van der Waals surface area contributed by atoms with Crippen molar-refractivity contribution < 1.29 is 4.79 Å². The van der Waals surface area contributed by atoms with Crippen molar-refractivity contribution in [3.63, 3.8) is 0 Å². The van der Waals surface area contributed by atoms with Crippen LogP contribution in [0.15, 0.2) is 36.4 Å². The second-order valence-corrected chi connectivity index (χ2v) is 5.57. The summed E-state index contributed by atoms with van der Waals surface area (Å²) in [6.07, 6.45) is 7.08. The van der Waals surface area contributed by atoms with Crippen LogP contribution in [0.2, 0.25) is 0 Å². The zero-order valence-corrected chi connectivity index (χ0v) is 12.2. The maximum Gasteiger partial charge on any atom is 0.243 e. The third kappa shape index (κ3) is 5.17. The fourth-order valence-electron chi connectivity index (χ4n) is 2.55. The molecule has 0 bridgehead atoms. The highest BCUT2D eigenvalue weighted by atomic mass is 16.1. The largest absolute Gasteiger partial charge is 0.353 e. The molecule has 0 aromatic heterocycles. The van der Waals surface area contributed by atoms with Crippen molar-refractivity contribution in [3.8, 4) is 0 Å². The third-order valence-electron chi connectivity index (χ3n) is 3.92. The van der Waals surface area contributed by atoms with Gasteiger partial charge in [0.1, 0.15) is 0 Å². The SMILES string of the molecule is CN1CCC(CCNC(=O)/C=C/c2ccccc2)CC1. The summed E-state index contributed by atoms with van der Waals surface area (Å²) >= 11 is 0. The van der Waals surface area contributed by atoms with Crippen LogP contribution in [0.1, 0.15) is 24.8 Å². The standard InChI is InChI=1S/C17H24N2O/c1-19-13-10-16(11-14-19)9-12-18-17(20)8-7-15-5-3-2-4-6-15/h2-8,16H,9-14H2,1H3,(H,18,20)/b8-7+. The van der Waals surface area contributed by atoms with E-state index in [1.54, 1.807) is 6.08 Å². The van der Waals surface area contributed by atoms with Crippen LogP contribution in [0.25, 0.3) is 6.08 Å². The minimum absolute atomic E-state index is 0.00165. The summed E-state index contributed by atoms with van der Waals surface area (Å²) in [5.41, 5.74) is 1.05. The number of hydrogen-bond donors (Lipinski definition) is 1. The molecule has 20 heavy (non-hydrogen) atoms. The van der Waals surface area contributed by atoms with E-state index in [9.17, 15) is 4.79 Å². The predicted octanol–water partition coefficient (Wildman–Crippen LogP) is 2.55. The molecule has 1 N–H and O–H groups in total. The monoisotopic (exact) mass is 272 g/mol. The summed E-state index contributed by atoms with van der Waals surface area (Å²) in [6.45, 7) is 3.16. The van der Waals surface area contributed by atoms with Crippen molar-refractivity contribution in [1.29, 1.82) is 0 Å². The summed E-state index contributed by atoms with van der Waals surface area (Å²) < 4.78 is 0. The summed E-state index contributed by atoms with van der Waals surface area (Å²) in [7, 11) is 2.17. The first-order chi connectivity index (χ1) is 9.74. The van der Waals surface area contributed by atoms with Gasteiger partial charge in [-0.3, -0.25) is 4.79 Å². The molecule has 0 spiro atoms. The van der Waals surface area contributed by atoms with Crippen LogP contribution in [-0.4, -0.2) is 37.5 Å². The van der Waals surface area contributed by atoms with Crippen LogP contribution in [0.4, 0.5) is 0 Å². The highest BCUT2D eigenvalue weighted by molar-refractivity contribution is 5.91. The fourth-order valence-corrected chi connectivity index (χ4v) is 2.55. The molecule has 1 saturated heterocycles. The number of nitrogens with zero attached hydrogens (tertiary/aromatic N) is 1. The lowest BCUT2D eigenvalue weighted by molar-refractivity contribution is -0.116. The molecule has 0 atom stereocenters. The Morgan fingerprint density at radius 1 is 1.30 bits per heavy atom. The second kappa shape index (κ2) is 7.85. The van der Waals surface area contributed by atoms with Gasteiger partial charge >= 0.3 is 0 Å². The van der Waals surface area contributed by atoms with E-state index in [1.165, 1.54) is 25.9 Å². The van der Waals surface area contributed by atoms with Crippen molar-refractivity contribution >= 4 is 12.0 Å². The highest BCUT2D eigenvalue weighted by Gasteiger charge is 2.15. The topological polar surface area (TPSA) is 32.3 Å². The molecule has 108 valence electrons. The first-order valence-electron chi connectivity index (χ1n) is 7.43. The highest BCUT2D eigenvalue weighted by Crippen LogP contribution is 2.18. The Balaban J connectivity index is 1.64. The van der Waals surface area contributed by atoms with E-state index in [1.807, 2.05) is 36.4 Å². The smallest absolute Gasteiger partial charge is 0.243 e. The Kier molecular flexibility index (Phi) is 5.81. The first-order valence-corrected chi connectivity index (χ1v) is 7.43. The van der Waals surface area contributed by atoms with Crippen LogP contribution in [0.5, 0.6) is 0 Å². The quantitative estimate of drug-likeness (QED) is 0.836. The van der Waals surface area contributed by atoms with Gasteiger partial charge in [-0.05, 0) is 57.0 Å². The van der Waals surface area contributed by atoms with Gasteiger partial charge in [0.15, 0.2) is 0 Å². The van der Waals surface area contributed by atoms with Gasteiger partial charge in [0.25, 0.3) is 0 Å². The summed E-state index contributed by atoms with van der Waals surface area (Å²) in [5.74, 6) is 0.770. The maximum atomic E-state index is 11.7. The molecule has 3 heteroatoms. The summed E-state index contributed by atoms with van der Waals surface area (Å²) in [5, 5.41) is 2.97. The van der Waals surface area contributed by atoms with Crippen LogP contribution in [-0.2, 0) is 4.79 Å². The molecule has 0 aliphatic carbocycles. The van der Waals surface area contributed by atoms with E-state index in [4.69, 9.17) is 0 Å². The van der Waals surface area contributed by atoms with Crippen molar-refractivity contribution in [2.24, 2.45) is 5.92 Å². The minimum Gasteiger partial charge on any atom is -0.353 e. The fraction of sp³-hybridized carbons (Fsp3) is 0.471. The molecular formula is C17H24N2O. The molecule has 1 aromatic rings. The summed E-state index contributed by atoms with van der Waals surface area (Å²) in [6, 6.07) is 9.89. The molecule has 1 aliphatic heterocycles. The molecule has 2 rings (SSSR count). The number of piperidine rings is 1. The lowest BCUT2D eigenvalue weighted by Crippen LogP contribution is -2.32. The zero-order valence-electron chi connectivity index (χ0n) is 12.2. The number of amides is 1. The molecular weight excluding hydrogens is 248 g/mol. The van der Waals surface area contributed by atoms with Crippen molar-refractivity contribution in [2.45, 2.75) is 19.3 Å². The van der Waals surface area contributed by atoms with Crippen LogP contribution >= 0.6 is 0 Å². The molecule has 0 radical (unpaired) electrons. The molecule has 0 unspecified atom stereocenters. The Morgan fingerprint density at radius 3 is 2.70 bits per heavy atom. The average Bonchev–Trinajstić information content (AvgIpc) is 2.48. The number of benzene rings is 1. The first kappa shape index (κ1) is 14.8. The zero-order chi connectivity index (χ0) is 14.2. The van der Waals surface area contributed by atoms with Crippen LogP contribution in [0, 0.1) is 5.92 Å². The number of nitrogens with one attached hydrogen (secondary N) is 1. The van der Waals surface area contributed by atoms with Gasteiger partial charge in [-0.15, -0.1) is 0 Å². The Morgan fingerprint density at radius 2 is 2.00 bits per heavy atom. The molecule has 1 fully saturated rings. The number of rotatable bonds is 5. The van der Waals surface area contributed by atoms with Gasteiger partial charge in [-0.25, -0.2) is 0 Å². The van der Waals surface area contributed by atoms with Crippen molar-refractivity contribution in [3.05, 3.63) is 42.0 Å². The number of carbonyl (C=O) groups excluding carboxylic acids is 1. The average molecular weight is 272 g/mol. The third-order valence-corrected chi connectivity index (χ3v) is 3.92. The van der Waals surface area contributed by atoms with Crippen molar-refractivity contribution in [2.75, 3.05) is 26.7 Å². The minimum atomic E-state index is 0.00165. The normalized spacial score (nSPS) is 17.4. The Bertz CT molecular complexity index is 434. The molecule has 1 aliphatic rings. The number of likely N-dealkylation sites (tertiary alicyclic amines) is 1. The molecule has 1 aromatic carbocycles. The van der Waals surface area contributed by atoms with Crippen molar-refractivity contribution in [1.82, 2.24) is 10.2 Å². The van der Waals surface area contributed by atoms with E-state index < -0.39 is 0 Å². The lowest BCUT2D eigenvalue weighted by atomic mass is 9.94. The van der Waals surface area contributed by atoms with Gasteiger partial charge < -0.3 is 10.2 Å². The van der Waals surface area contributed by atoms with E-state index in [-0.39, 0.29) is 5.91 Å². The Hall–Kier alpha value is -1.61. The van der Waals surface area contributed by atoms with Gasteiger partial charge in [0, 0.05) is 12.6 Å². The molecule has 3 nitrogen and oxygen atoms in total.